The van der Waals surface area contributed by atoms with Gasteiger partial charge in [-0.2, -0.15) is 5.10 Å². The second-order valence-electron chi connectivity index (χ2n) is 6.24. The summed E-state index contributed by atoms with van der Waals surface area (Å²) < 4.78 is 29.0. The SMILES string of the molecule is O=S(=O)(NCCn1nc([C@@H]2CCNC2)c2nccnc21)c1ccccc1. The van der Waals surface area contributed by atoms with Crippen LogP contribution in [0.25, 0.3) is 11.2 Å². The topological polar surface area (TPSA) is 102 Å². The van der Waals surface area contributed by atoms with Gasteiger partial charge in [-0.15, -0.1) is 0 Å². The van der Waals surface area contributed by atoms with E-state index in [1.807, 2.05) is 0 Å². The standard InChI is InChI=1S/C17H20N6O2S/c24-26(25,14-4-2-1-3-5-14)21-10-11-23-17-16(19-8-9-20-17)15(22-23)13-6-7-18-12-13/h1-5,8-9,13,18,21H,6-7,10-12H2/t13-/m1/s1. The van der Waals surface area contributed by atoms with E-state index in [0.29, 0.717) is 18.1 Å². The van der Waals surface area contributed by atoms with Crippen molar-refractivity contribution in [2.45, 2.75) is 23.8 Å². The van der Waals surface area contributed by atoms with Crippen molar-refractivity contribution in [3.05, 3.63) is 48.4 Å². The quantitative estimate of drug-likeness (QED) is 0.666. The lowest BCUT2D eigenvalue weighted by Gasteiger charge is -2.07. The molecule has 1 fully saturated rings. The molecule has 0 unspecified atom stereocenters. The maximum atomic E-state index is 12.3. The van der Waals surface area contributed by atoms with Crippen LogP contribution in [0.15, 0.2) is 47.6 Å². The molecule has 1 aromatic carbocycles. The number of aromatic nitrogens is 4. The summed E-state index contributed by atoms with van der Waals surface area (Å²) in [6, 6.07) is 8.33. The summed E-state index contributed by atoms with van der Waals surface area (Å²) in [5, 5.41) is 8.02. The van der Waals surface area contributed by atoms with Gasteiger partial charge in [0.15, 0.2) is 5.65 Å². The van der Waals surface area contributed by atoms with Gasteiger partial charge in [-0.25, -0.2) is 27.8 Å². The fourth-order valence-electron chi connectivity index (χ4n) is 3.21. The van der Waals surface area contributed by atoms with Crippen LogP contribution in [-0.4, -0.2) is 47.8 Å². The summed E-state index contributed by atoms with van der Waals surface area (Å²) in [6.07, 6.45) is 4.31. The van der Waals surface area contributed by atoms with Crippen LogP contribution in [0.5, 0.6) is 0 Å². The molecule has 1 aliphatic heterocycles. The zero-order valence-electron chi connectivity index (χ0n) is 14.2. The molecule has 2 aromatic heterocycles. The van der Waals surface area contributed by atoms with E-state index in [2.05, 4.69) is 25.1 Å². The van der Waals surface area contributed by atoms with Gasteiger partial charge in [-0.3, -0.25) is 0 Å². The van der Waals surface area contributed by atoms with E-state index in [-0.39, 0.29) is 11.4 Å². The lowest BCUT2D eigenvalue weighted by atomic mass is 10.0. The first kappa shape index (κ1) is 17.1. The summed E-state index contributed by atoms with van der Waals surface area (Å²) in [4.78, 5) is 9.08. The van der Waals surface area contributed by atoms with Gasteiger partial charge in [0.1, 0.15) is 5.52 Å². The average Bonchev–Trinajstić information content (AvgIpc) is 3.31. The third-order valence-corrected chi connectivity index (χ3v) is 5.99. The van der Waals surface area contributed by atoms with Crippen LogP contribution < -0.4 is 10.0 Å². The Labute approximate surface area is 151 Å². The van der Waals surface area contributed by atoms with E-state index in [1.54, 1.807) is 47.4 Å². The van der Waals surface area contributed by atoms with Gasteiger partial charge in [0.2, 0.25) is 10.0 Å². The molecule has 4 rings (SSSR count). The molecule has 0 bridgehead atoms. The van der Waals surface area contributed by atoms with Crippen molar-refractivity contribution in [2.24, 2.45) is 0 Å². The highest BCUT2D eigenvalue weighted by Crippen LogP contribution is 2.26. The number of nitrogens with zero attached hydrogens (tertiary/aromatic N) is 4. The maximum Gasteiger partial charge on any atom is 0.240 e. The lowest BCUT2D eigenvalue weighted by molar-refractivity contribution is 0.559. The molecule has 0 radical (unpaired) electrons. The summed E-state index contributed by atoms with van der Waals surface area (Å²) in [5.41, 5.74) is 2.42. The third kappa shape index (κ3) is 3.33. The van der Waals surface area contributed by atoms with E-state index in [1.165, 1.54) is 0 Å². The van der Waals surface area contributed by atoms with E-state index >= 15 is 0 Å². The molecule has 0 amide bonds. The minimum absolute atomic E-state index is 0.229. The minimum atomic E-state index is -3.53. The molecule has 0 aliphatic carbocycles. The van der Waals surface area contributed by atoms with Crippen LogP contribution in [0.3, 0.4) is 0 Å². The van der Waals surface area contributed by atoms with Crippen LogP contribution in [-0.2, 0) is 16.6 Å². The number of benzene rings is 1. The van der Waals surface area contributed by atoms with Gasteiger partial charge in [0.05, 0.1) is 17.1 Å². The van der Waals surface area contributed by atoms with Gasteiger partial charge >= 0.3 is 0 Å². The van der Waals surface area contributed by atoms with E-state index in [4.69, 9.17) is 0 Å². The molecule has 2 N–H and O–H groups in total. The summed E-state index contributed by atoms with van der Waals surface area (Å²) in [5.74, 6) is 0.316. The molecular weight excluding hydrogens is 352 g/mol. The van der Waals surface area contributed by atoms with Gasteiger partial charge < -0.3 is 5.32 Å². The van der Waals surface area contributed by atoms with Crippen molar-refractivity contribution in [1.82, 2.24) is 29.8 Å². The van der Waals surface area contributed by atoms with Crippen LogP contribution in [0.4, 0.5) is 0 Å². The van der Waals surface area contributed by atoms with Crippen molar-refractivity contribution in [1.29, 1.82) is 0 Å². The number of nitrogens with one attached hydrogen (secondary N) is 2. The number of hydrogen-bond acceptors (Lipinski definition) is 6. The Balaban J connectivity index is 1.53. The van der Waals surface area contributed by atoms with E-state index in [9.17, 15) is 8.42 Å². The Morgan fingerprint density at radius 2 is 2.00 bits per heavy atom. The number of hydrogen-bond donors (Lipinski definition) is 2. The molecule has 1 atom stereocenters. The maximum absolute atomic E-state index is 12.3. The Kier molecular flexibility index (Phi) is 4.66. The highest BCUT2D eigenvalue weighted by atomic mass is 32.2. The normalized spacial score (nSPS) is 17.8. The first-order valence-corrected chi connectivity index (χ1v) is 10.1. The molecule has 0 saturated carbocycles. The van der Waals surface area contributed by atoms with Crippen molar-refractivity contribution in [3.8, 4) is 0 Å². The highest BCUT2D eigenvalue weighted by molar-refractivity contribution is 7.89. The number of sulfonamides is 1. The molecule has 3 heterocycles. The predicted molar refractivity (Wildman–Crippen MR) is 97.2 cm³/mol. The van der Waals surface area contributed by atoms with Crippen LogP contribution in [0, 0.1) is 0 Å². The van der Waals surface area contributed by atoms with Crippen LogP contribution in [0.1, 0.15) is 18.0 Å². The van der Waals surface area contributed by atoms with Crippen molar-refractivity contribution < 1.29 is 8.42 Å². The molecule has 1 saturated heterocycles. The Morgan fingerprint density at radius 1 is 1.19 bits per heavy atom. The third-order valence-electron chi connectivity index (χ3n) is 4.51. The van der Waals surface area contributed by atoms with Gasteiger partial charge in [0.25, 0.3) is 0 Å². The minimum Gasteiger partial charge on any atom is -0.316 e. The molecule has 26 heavy (non-hydrogen) atoms. The summed E-state index contributed by atoms with van der Waals surface area (Å²) >= 11 is 0. The summed E-state index contributed by atoms with van der Waals surface area (Å²) in [7, 11) is -3.53. The van der Waals surface area contributed by atoms with Crippen LogP contribution >= 0.6 is 0 Å². The summed E-state index contributed by atoms with van der Waals surface area (Å²) in [6.45, 7) is 2.47. The van der Waals surface area contributed by atoms with Crippen molar-refractivity contribution in [3.63, 3.8) is 0 Å². The average molecular weight is 372 g/mol. The first-order valence-electron chi connectivity index (χ1n) is 8.58. The first-order chi connectivity index (χ1) is 12.6. The molecule has 0 spiro atoms. The Morgan fingerprint density at radius 3 is 2.77 bits per heavy atom. The zero-order valence-corrected chi connectivity index (χ0v) is 15.0. The largest absolute Gasteiger partial charge is 0.316 e. The molecule has 1 aliphatic rings. The monoisotopic (exact) mass is 372 g/mol. The fourth-order valence-corrected chi connectivity index (χ4v) is 4.25. The number of fused-ring (bicyclic) bond motifs is 1. The molecule has 136 valence electrons. The van der Waals surface area contributed by atoms with E-state index < -0.39 is 10.0 Å². The number of rotatable bonds is 6. The fraction of sp³-hybridized carbons (Fsp3) is 0.353. The highest BCUT2D eigenvalue weighted by Gasteiger charge is 2.24. The molecular formula is C17H20N6O2S. The second-order valence-corrected chi connectivity index (χ2v) is 8.00. The van der Waals surface area contributed by atoms with E-state index in [0.717, 1.165) is 30.7 Å². The molecule has 8 nitrogen and oxygen atoms in total. The lowest BCUT2D eigenvalue weighted by Crippen LogP contribution is -2.27. The van der Waals surface area contributed by atoms with Gasteiger partial charge in [-0.05, 0) is 25.1 Å². The Bertz CT molecular complexity index is 997. The predicted octanol–water partition coefficient (Wildman–Crippen LogP) is 0.882. The molecule has 9 heteroatoms. The van der Waals surface area contributed by atoms with Gasteiger partial charge in [0, 0.05) is 31.4 Å². The second kappa shape index (κ2) is 7.10. The molecule has 3 aromatic rings. The Hall–Kier alpha value is -2.36. The van der Waals surface area contributed by atoms with Crippen LogP contribution in [0.2, 0.25) is 0 Å². The van der Waals surface area contributed by atoms with Crippen molar-refractivity contribution >= 4 is 21.2 Å². The van der Waals surface area contributed by atoms with Gasteiger partial charge in [-0.1, -0.05) is 18.2 Å². The smallest absolute Gasteiger partial charge is 0.240 e. The van der Waals surface area contributed by atoms with Crippen molar-refractivity contribution in [2.75, 3.05) is 19.6 Å². The zero-order chi connectivity index (χ0) is 18.0.